The van der Waals surface area contributed by atoms with Gasteiger partial charge in [0.1, 0.15) is 0 Å². The summed E-state index contributed by atoms with van der Waals surface area (Å²) in [6.07, 6.45) is 1.65. The predicted molar refractivity (Wildman–Crippen MR) is 65.7 cm³/mol. The molecule has 0 atom stereocenters. The van der Waals surface area contributed by atoms with Crippen molar-refractivity contribution in [2.45, 2.75) is 0 Å². The Balaban J connectivity index is 2.18. The number of benzene rings is 1. The summed E-state index contributed by atoms with van der Waals surface area (Å²) in [5, 5.41) is 0.266. The molecule has 0 aliphatic rings. The van der Waals surface area contributed by atoms with E-state index in [1.807, 2.05) is 23.7 Å². The number of nitrogens with zero attached hydrogens (tertiary/aromatic N) is 3. The van der Waals surface area contributed by atoms with Gasteiger partial charge in [-0.3, -0.25) is 0 Å². The normalized spacial score (nSPS) is 10.8. The molecule has 3 aromatic rings. The van der Waals surface area contributed by atoms with E-state index in [9.17, 15) is 0 Å². The highest BCUT2D eigenvalue weighted by atomic mass is 35.5. The minimum absolute atomic E-state index is 0.266. The minimum Gasteiger partial charge on any atom is -0.245 e. The van der Waals surface area contributed by atoms with Crippen molar-refractivity contribution in [3.05, 3.63) is 41.3 Å². The quantitative estimate of drug-likeness (QED) is 0.619. The fourth-order valence-electron chi connectivity index (χ4n) is 1.51. The highest BCUT2D eigenvalue weighted by Crippen LogP contribution is 2.25. The third kappa shape index (κ3) is 1.66. The summed E-state index contributed by atoms with van der Waals surface area (Å²) in [7, 11) is 0. The van der Waals surface area contributed by atoms with Crippen molar-refractivity contribution in [1.29, 1.82) is 0 Å². The van der Waals surface area contributed by atoms with E-state index in [4.69, 9.17) is 11.6 Å². The van der Waals surface area contributed by atoms with E-state index < -0.39 is 0 Å². The molecular formula is C11H6ClN3S. The average molecular weight is 248 g/mol. The zero-order chi connectivity index (χ0) is 11.0. The number of rotatable bonds is 1. The summed E-state index contributed by atoms with van der Waals surface area (Å²) in [4.78, 5) is 12.3. The first-order valence-corrected chi connectivity index (χ1v) is 5.91. The van der Waals surface area contributed by atoms with Crippen LogP contribution in [0.5, 0.6) is 0 Å². The minimum atomic E-state index is 0.266. The Kier molecular flexibility index (Phi) is 2.31. The number of hydrogen-bond donors (Lipinski definition) is 0. The number of fused-ring (bicyclic) bond motifs is 1. The van der Waals surface area contributed by atoms with E-state index in [1.165, 1.54) is 0 Å². The molecule has 3 nitrogen and oxygen atoms in total. The summed E-state index contributed by atoms with van der Waals surface area (Å²) < 4.78 is 1.15. The molecular weight excluding hydrogens is 242 g/mol. The molecule has 2 aromatic heterocycles. The summed E-state index contributed by atoms with van der Waals surface area (Å²) in [6, 6.07) is 7.87. The van der Waals surface area contributed by atoms with Crippen LogP contribution in [0.3, 0.4) is 0 Å². The zero-order valence-corrected chi connectivity index (χ0v) is 9.66. The van der Waals surface area contributed by atoms with Crippen molar-refractivity contribution < 1.29 is 0 Å². The van der Waals surface area contributed by atoms with Gasteiger partial charge >= 0.3 is 0 Å². The van der Waals surface area contributed by atoms with Crippen molar-refractivity contribution >= 4 is 33.2 Å². The first kappa shape index (κ1) is 9.69. The van der Waals surface area contributed by atoms with Gasteiger partial charge < -0.3 is 0 Å². The Morgan fingerprint density at radius 2 is 2.06 bits per heavy atom. The van der Waals surface area contributed by atoms with Crippen molar-refractivity contribution in [3.8, 4) is 11.3 Å². The van der Waals surface area contributed by atoms with Gasteiger partial charge in [-0.15, -0.1) is 11.3 Å². The number of aromatic nitrogens is 3. The van der Waals surface area contributed by atoms with E-state index in [1.54, 1.807) is 17.5 Å². The van der Waals surface area contributed by atoms with E-state index in [2.05, 4.69) is 21.0 Å². The Morgan fingerprint density at radius 3 is 2.94 bits per heavy atom. The zero-order valence-electron chi connectivity index (χ0n) is 8.09. The molecule has 0 bridgehead atoms. The molecule has 0 aliphatic carbocycles. The SMILES string of the molecule is Clc1nccc(-c2ccc3ncsc3c2)n1. The monoisotopic (exact) mass is 247 g/mol. The molecule has 1 aromatic carbocycles. The Morgan fingerprint density at radius 1 is 1.12 bits per heavy atom. The van der Waals surface area contributed by atoms with E-state index in [-0.39, 0.29) is 5.28 Å². The van der Waals surface area contributed by atoms with Crippen LogP contribution >= 0.6 is 22.9 Å². The second kappa shape index (κ2) is 3.81. The van der Waals surface area contributed by atoms with Gasteiger partial charge in [0.25, 0.3) is 0 Å². The lowest BCUT2D eigenvalue weighted by atomic mass is 10.1. The smallest absolute Gasteiger partial charge is 0.222 e. The molecule has 0 aliphatic heterocycles. The Labute approximate surface area is 101 Å². The molecule has 0 fully saturated rings. The topological polar surface area (TPSA) is 38.7 Å². The van der Waals surface area contributed by atoms with Crippen molar-refractivity contribution in [2.75, 3.05) is 0 Å². The van der Waals surface area contributed by atoms with E-state index in [0.717, 1.165) is 21.5 Å². The summed E-state index contributed by atoms with van der Waals surface area (Å²) in [5.41, 5.74) is 4.70. The number of thiazole rings is 1. The van der Waals surface area contributed by atoms with Crippen LogP contribution in [0.1, 0.15) is 0 Å². The highest BCUT2D eigenvalue weighted by Gasteiger charge is 2.03. The first-order valence-electron chi connectivity index (χ1n) is 4.65. The fraction of sp³-hybridized carbons (Fsp3) is 0. The molecule has 0 unspecified atom stereocenters. The van der Waals surface area contributed by atoms with E-state index in [0.29, 0.717) is 0 Å². The van der Waals surface area contributed by atoms with Crippen LogP contribution in [0.15, 0.2) is 36.0 Å². The molecule has 16 heavy (non-hydrogen) atoms. The van der Waals surface area contributed by atoms with Crippen LogP contribution in [0, 0.1) is 0 Å². The van der Waals surface area contributed by atoms with Crippen LogP contribution in [-0.4, -0.2) is 15.0 Å². The average Bonchev–Trinajstić information content (AvgIpc) is 2.75. The Hall–Kier alpha value is -1.52. The maximum atomic E-state index is 5.76. The van der Waals surface area contributed by atoms with Crippen molar-refractivity contribution in [3.63, 3.8) is 0 Å². The van der Waals surface area contributed by atoms with Crippen molar-refractivity contribution in [1.82, 2.24) is 15.0 Å². The maximum absolute atomic E-state index is 5.76. The maximum Gasteiger partial charge on any atom is 0.222 e. The lowest BCUT2D eigenvalue weighted by molar-refractivity contribution is 1.17. The molecule has 0 N–H and O–H groups in total. The molecule has 0 radical (unpaired) electrons. The molecule has 3 rings (SSSR count). The molecule has 2 heterocycles. The van der Waals surface area contributed by atoms with Crippen molar-refractivity contribution in [2.24, 2.45) is 0 Å². The largest absolute Gasteiger partial charge is 0.245 e. The standard InChI is InChI=1S/C11H6ClN3S/c12-11-13-4-3-8(15-11)7-1-2-9-10(5-7)16-6-14-9/h1-6H. The predicted octanol–water partition coefficient (Wildman–Crippen LogP) is 3.41. The van der Waals surface area contributed by atoms with Crippen LogP contribution in [0.25, 0.3) is 21.5 Å². The van der Waals surface area contributed by atoms with Gasteiger partial charge in [0.05, 0.1) is 21.4 Å². The summed E-state index contributed by atoms with van der Waals surface area (Å²) in [6.45, 7) is 0. The van der Waals surface area contributed by atoms with Crippen LogP contribution in [0.2, 0.25) is 5.28 Å². The Bertz CT molecular complexity index is 650. The lowest BCUT2D eigenvalue weighted by Crippen LogP contribution is -1.85. The number of hydrogen-bond acceptors (Lipinski definition) is 4. The van der Waals surface area contributed by atoms with Gasteiger partial charge in [-0.25, -0.2) is 15.0 Å². The van der Waals surface area contributed by atoms with Crippen LogP contribution in [-0.2, 0) is 0 Å². The molecule has 78 valence electrons. The van der Waals surface area contributed by atoms with Gasteiger partial charge in [0.15, 0.2) is 0 Å². The van der Waals surface area contributed by atoms with Gasteiger partial charge in [-0.2, -0.15) is 0 Å². The second-order valence-electron chi connectivity index (χ2n) is 3.25. The van der Waals surface area contributed by atoms with Gasteiger partial charge in [-0.05, 0) is 29.8 Å². The summed E-state index contributed by atoms with van der Waals surface area (Å²) in [5.74, 6) is 0. The van der Waals surface area contributed by atoms with Gasteiger partial charge in [0.2, 0.25) is 5.28 Å². The van der Waals surface area contributed by atoms with Crippen LogP contribution < -0.4 is 0 Å². The molecule has 0 saturated heterocycles. The molecule has 0 amide bonds. The highest BCUT2D eigenvalue weighted by molar-refractivity contribution is 7.16. The summed E-state index contributed by atoms with van der Waals surface area (Å²) >= 11 is 7.37. The van der Waals surface area contributed by atoms with Crippen LogP contribution in [0.4, 0.5) is 0 Å². The molecule has 0 spiro atoms. The third-order valence-corrected chi connectivity index (χ3v) is 3.23. The van der Waals surface area contributed by atoms with E-state index >= 15 is 0 Å². The molecule has 0 saturated carbocycles. The molecule has 5 heteroatoms. The third-order valence-electron chi connectivity index (χ3n) is 2.25. The second-order valence-corrected chi connectivity index (χ2v) is 4.47. The first-order chi connectivity index (χ1) is 7.83. The van der Waals surface area contributed by atoms with Gasteiger partial charge in [-0.1, -0.05) is 6.07 Å². The van der Waals surface area contributed by atoms with Gasteiger partial charge in [0, 0.05) is 11.8 Å². The number of halogens is 1. The lowest BCUT2D eigenvalue weighted by Gasteiger charge is -2.00. The fourth-order valence-corrected chi connectivity index (χ4v) is 2.37.